The molecule has 0 bridgehead atoms. The minimum atomic E-state index is -1.12. The predicted molar refractivity (Wildman–Crippen MR) is 83.2 cm³/mol. The summed E-state index contributed by atoms with van der Waals surface area (Å²) in [6.45, 7) is 0.0781. The van der Waals surface area contributed by atoms with Crippen LogP contribution in [0.1, 0.15) is 51.8 Å². The van der Waals surface area contributed by atoms with E-state index in [0.717, 1.165) is 12.8 Å². The Bertz CT molecular complexity index is 843. The molecule has 2 aromatic heterocycles. The highest BCUT2D eigenvalue weighted by Crippen LogP contribution is 2.42. The average Bonchev–Trinajstić information content (AvgIpc) is 3.08. The van der Waals surface area contributed by atoms with Crippen molar-refractivity contribution in [1.82, 2.24) is 30.8 Å². The molecule has 2 aliphatic rings. The van der Waals surface area contributed by atoms with Gasteiger partial charge in [-0.15, -0.1) is 0 Å². The third kappa shape index (κ3) is 2.91. The van der Waals surface area contributed by atoms with Gasteiger partial charge in [-0.05, 0) is 12.8 Å². The highest BCUT2D eigenvalue weighted by molar-refractivity contribution is 5.98. The van der Waals surface area contributed by atoms with Crippen molar-refractivity contribution in [2.45, 2.75) is 37.3 Å². The molecule has 26 heavy (non-hydrogen) atoms. The first-order chi connectivity index (χ1) is 12.5. The van der Waals surface area contributed by atoms with Crippen molar-refractivity contribution in [3.63, 3.8) is 0 Å². The van der Waals surface area contributed by atoms with Gasteiger partial charge in [0.1, 0.15) is 11.6 Å². The van der Waals surface area contributed by atoms with Gasteiger partial charge in [-0.1, -0.05) is 5.16 Å². The van der Waals surface area contributed by atoms with Crippen LogP contribution in [0, 0.1) is 0 Å². The first-order valence-electron chi connectivity index (χ1n) is 8.19. The molecule has 2 fully saturated rings. The van der Waals surface area contributed by atoms with E-state index in [1.807, 2.05) is 0 Å². The van der Waals surface area contributed by atoms with Crippen molar-refractivity contribution in [3.8, 4) is 0 Å². The third-order valence-electron chi connectivity index (χ3n) is 4.61. The fraction of sp³-hybridized carbons (Fsp3) is 0.467. The highest BCUT2D eigenvalue weighted by Gasteiger charge is 2.43. The number of carbonyl (C=O) groups is 3. The SMILES string of the molecule is O=C(N[C@@H]1C[C@@H](C(=O)O)N(C(=O)c2cnoc2C2CC2)C1)c1cn[nH]n1. The first-order valence-corrected chi connectivity index (χ1v) is 8.19. The van der Waals surface area contributed by atoms with E-state index in [1.54, 1.807) is 0 Å². The lowest BCUT2D eigenvalue weighted by Crippen LogP contribution is -2.41. The molecular weight excluding hydrogens is 344 g/mol. The number of nitrogens with zero attached hydrogens (tertiary/aromatic N) is 4. The van der Waals surface area contributed by atoms with Crippen molar-refractivity contribution in [2.75, 3.05) is 6.54 Å². The normalized spacial score (nSPS) is 22.4. The summed E-state index contributed by atoms with van der Waals surface area (Å²) >= 11 is 0. The molecule has 1 saturated carbocycles. The van der Waals surface area contributed by atoms with Gasteiger partial charge in [0.2, 0.25) is 0 Å². The second kappa shape index (κ2) is 6.24. The van der Waals surface area contributed by atoms with Crippen LogP contribution >= 0.6 is 0 Å². The maximum Gasteiger partial charge on any atom is 0.326 e. The van der Waals surface area contributed by atoms with Crippen LogP contribution in [0.4, 0.5) is 0 Å². The Kier molecular flexibility index (Phi) is 3.90. The number of likely N-dealkylation sites (tertiary alicyclic amines) is 1. The summed E-state index contributed by atoms with van der Waals surface area (Å²) in [4.78, 5) is 37.8. The van der Waals surface area contributed by atoms with Crippen LogP contribution in [0.2, 0.25) is 0 Å². The molecule has 136 valence electrons. The van der Waals surface area contributed by atoms with Crippen LogP contribution in [-0.2, 0) is 4.79 Å². The monoisotopic (exact) mass is 360 g/mol. The zero-order chi connectivity index (χ0) is 18.3. The third-order valence-corrected chi connectivity index (χ3v) is 4.61. The number of carboxylic acids is 1. The van der Waals surface area contributed by atoms with E-state index in [1.165, 1.54) is 17.3 Å². The lowest BCUT2D eigenvalue weighted by molar-refractivity contribution is -0.141. The van der Waals surface area contributed by atoms with Crippen molar-refractivity contribution in [1.29, 1.82) is 0 Å². The lowest BCUT2D eigenvalue weighted by Gasteiger charge is -2.20. The topological polar surface area (TPSA) is 154 Å². The summed E-state index contributed by atoms with van der Waals surface area (Å²) in [7, 11) is 0. The van der Waals surface area contributed by atoms with Crippen LogP contribution < -0.4 is 5.32 Å². The fourth-order valence-electron chi connectivity index (χ4n) is 3.17. The molecule has 1 aliphatic heterocycles. The molecule has 3 N–H and O–H groups in total. The number of H-pyrrole nitrogens is 1. The van der Waals surface area contributed by atoms with Crippen molar-refractivity contribution < 1.29 is 24.0 Å². The number of carboxylic acid groups (broad SMARTS) is 1. The highest BCUT2D eigenvalue weighted by atomic mass is 16.5. The quantitative estimate of drug-likeness (QED) is 0.660. The Hall–Kier alpha value is -3.24. The minimum absolute atomic E-state index is 0.0781. The summed E-state index contributed by atoms with van der Waals surface area (Å²) in [6.07, 6.45) is 4.55. The average molecular weight is 360 g/mol. The molecule has 2 amide bonds. The maximum atomic E-state index is 12.9. The van der Waals surface area contributed by atoms with Gasteiger partial charge in [0.05, 0.1) is 12.4 Å². The molecular formula is C15H16N6O5. The molecule has 1 saturated heterocycles. The number of aromatic amines is 1. The largest absolute Gasteiger partial charge is 0.480 e. The van der Waals surface area contributed by atoms with E-state index in [4.69, 9.17) is 4.52 Å². The number of amides is 2. The van der Waals surface area contributed by atoms with Crippen LogP contribution in [0.15, 0.2) is 16.9 Å². The van der Waals surface area contributed by atoms with Crippen LogP contribution in [0.3, 0.4) is 0 Å². The molecule has 2 atom stereocenters. The molecule has 3 heterocycles. The number of nitrogens with one attached hydrogen (secondary N) is 2. The van der Waals surface area contributed by atoms with Crippen LogP contribution in [-0.4, -0.2) is 67.0 Å². The molecule has 11 heteroatoms. The Labute approximate surface area is 146 Å². The smallest absolute Gasteiger partial charge is 0.326 e. The molecule has 0 unspecified atom stereocenters. The zero-order valence-electron chi connectivity index (χ0n) is 13.6. The van der Waals surface area contributed by atoms with Gasteiger partial charge in [0.25, 0.3) is 11.8 Å². The van der Waals surface area contributed by atoms with Gasteiger partial charge < -0.3 is 19.8 Å². The molecule has 1 aliphatic carbocycles. The number of carbonyl (C=O) groups excluding carboxylic acids is 2. The second-order valence-corrected chi connectivity index (χ2v) is 6.45. The van der Waals surface area contributed by atoms with Gasteiger partial charge >= 0.3 is 5.97 Å². The number of aromatic nitrogens is 4. The zero-order valence-corrected chi connectivity index (χ0v) is 13.6. The van der Waals surface area contributed by atoms with Gasteiger partial charge in [-0.25, -0.2) is 4.79 Å². The van der Waals surface area contributed by atoms with E-state index in [9.17, 15) is 19.5 Å². The van der Waals surface area contributed by atoms with Crippen molar-refractivity contribution in [3.05, 3.63) is 29.4 Å². The van der Waals surface area contributed by atoms with Gasteiger partial charge in [-0.3, -0.25) is 9.59 Å². The Morgan fingerprint density at radius 3 is 2.77 bits per heavy atom. The molecule has 4 rings (SSSR count). The van der Waals surface area contributed by atoms with Gasteiger partial charge in [-0.2, -0.15) is 15.4 Å². The molecule has 0 radical (unpaired) electrons. The first kappa shape index (κ1) is 16.2. The Morgan fingerprint density at radius 1 is 1.31 bits per heavy atom. The van der Waals surface area contributed by atoms with E-state index >= 15 is 0 Å². The van der Waals surface area contributed by atoms with Gasteiger partial charge in [0, 0.05) is 24.9 Å². The lowest BCUT2D eigenvalue weighted by atomic mass is 10.1. The Morgan fingerprint density at radius 2 is 2.12 bits per heavy atom. The second-order valence-electron chi connectivity index (χ2n) is 6.45. The molecule has 2 aromatic rings. The fourth-order valence-corrected chi connectivity index (χ4v) is 3.17. The summed E-state index contributed by atoms with van der Waals surface area (Å²) in [6, 6.07) is -1.54. The van der Waals surface area contributed by atoms with Gasteiger partial charge in [0.15, 0.2) is 11.5 Å². The summed E-state index contributed by atoms with van der Waals surface area (Å²) < 4.78 is 5.17. The van der Waals surface area contributed by atoms with Crippen LogP contribution in [0.25, 0.3) is 0 Å². The summed E-state index contributed by atoms with van der Waals surface area (Å²) in [5.41, 5.74) is 0.388. The van der Waals surface area contributed by atoms with Crippen LogP contribution in [0.5, 0.6) is 0 Å². The number of hydrogen-bond acceptors (Lipinski definition) is 7. The van der Waals surface area contributed by atoms with E-state index in [-0.39, 0.29) is 24.6 Å². The standard InChI is InChI=1S/C15H16N6O5/c22-13(10-5-16-20-19-10)18-8-3-11(15(24)25)21(6-8)14(23)9-4-17-26-12(9)7-1-2-7/h4-5,7-8,11H,1-3,6H2,(H,18,22)(H,24,25)(H,16,19,20)/t8-,11+/m1/s1. The van der Waals surface area contributed by atoms with Crippen molar-refractivity contribution >= 4 is 17.8 Å². The molecule has 0 spiro atoms. The summed E-state index contributed by atoms with van der Waals surface area (Å²) in [5.74, 6) is -1.37. The number of rotatable bonds is 5. The van der Waals surface area contributed by atoms with E-state index in [2.05, 4.69) is 25.9 Å². The minimum Gasteiger partial charge on any atom is -0.480 e. The predicted octanol–water partition coefficient (Wildman–Crippen LogP) is -0.232. The maximum absolute atomic E-state index is 12.9. The summed E-state index contributed by atoms with van der Waals surface area (Å²) in [5, 5.41) is 25.4. The Balaban J connectivity index is 1.51. The number of aliphatic carboxylic acids is 1. The number of hydrogen-bond donors (Lipinski definition) is 3. The molecule has 0 aromatic carbocycles. The molecule has 11 nitrogen and oxygen atoms in total. The van der Waals surface area contributed by atoms with E-state index < -0.39 is 29.9 Å². The van der Waals surface area contributed by atoms with E-state index in [0.29, 0.717) is 11.3 Å². The van der Waals surface area contributed by atoms with Crippen molar-refractivity contribution in [2.24, 2.45) is 0 Å².